The van der Waals surface area contributed by atoms with Crippen LogP contribution in [0.3, 0.4) is 0 Å². The zero-order valence-electron chi connectivity index (χ0n) is 21.8. The number of rotatable bonds is 4. The van der Waals surface area contributed by atoms with Gasteiger partial charge in [0.05, 0.1) is 12.7 Å². The largest absolute Gasteiger partial charge is 0.467 e. The van der Waals surface area contributed by atoms with Crippen molar-refractivity contribution in [1.82, 2.24) is 5.32 Å². The number of hydrogen-bond donors (Lipinski definition) is 1. The van der Waals surface area contributed by atoms with Gasteiger partial charge in [0, 0.05) is 25.3 Å². The first-order chi connectivity index (χ1) is 15.9. The van der Waals surface area contributed by atoms with Crippen LogP contribution in [-0.4, -0.2) is 37.1 Å². The highest BCUT2D eigenvalue weighted by molar-refractivity contribution is 5.90. The number of carbonyl (C=O) groups excluding carboxylic acids is 1. The van der Waals surface area contributed by atoms with Gasteiger partial charge in [0.1, 0.15) is 6.10 Å². The second-order valence-corrected chi connectivity index (χ2v) is 10.9. The third-order valence-electron chi connectivity index (χ3n) is 7.36. The van der Waals surface area contributed by atoms with Gasteiger partial charge >= 0.3 is 5.97 Å². The number of alkyl halides is 1. The van der Waals surface area contributed by atoms with Crippen LogP contribution in [0, 0.1) is 13.8 Å². The summed E-state index contributed by atoms with van der Waals surface area (Å²) in [6.45, 7) is 15.6. The minimum Gasteiger partial charge on any atom is -0.467 e. The SMILES string of the molecule is COC(=O)[C@@H](OC(C)(C)C)c1c(C)c2c(c(C)c1C1=CC(C)(F)C3OCCCC3=C1C)CNC2. The lowest BCUT2D eigenvalue weighted by Crippen LogP contribution is -2.42. The molecule has 2 unspecified atom stereocenters. The summed E-state index contributed by atoms with van der Waals surface area (Å²) < 4.78 is 33.5. The van der Waals surface area contributed by atoms with Gasteiger partial charge < -0.3 is 19.5 Å². The van der Waals surface area contributed by atoms with Crippen molar-refractivity contribution in [2.24, 2.45) is 0 Å². The Labute approximate surface area is 202 Å². The maximum Gasteiger partial charge on any atom is 0.339 e. The molecule has 0 aromatic heterocycles. The molecular formula is C28H38FNO4. The molecule has 186 valence electrons. The summed E-state index contributed by atoms with van der Waals surface area (Å²) in [5, 5.41) is 3.45. The molecule has 1 aliphatic carbocycles. The van der Waals surface area contributed by atoms with E-state index in [1.165, 1.54) is 18.2 Å². The third kappa shape index (κ3) is 4.25. The van der Waals surface area contributed by atoms with E-state index in [1.807, 2.05) is 27.7 Å². The second-order valence-electron chi connectivity index (χ2n) is 10.9. The molecule has 5 nitrogen and oxygen atoms in total. The summed E-state index contributed by atoms with van der Waals surface area (Å²) in [6, 6.07) is 0. The van der Waals surface area contributed by atoms with Crippen LogP contribution in [0.4, 0.5) is 4.39 Å². The van der Waals surface area contributed by atoms with E-state index in [1.54, 1.807) is 13.0 Å². The van der Waals surface area contributed by atoms with Gasteiger partial charge in [-0.3, -0.25) is 0 Å². The maximum absolute atomic E-state index is 16.1. The van der Waals surface area contributed by atoms with Crippen molar-refractivity contribution in [2.45, 2.75) is 97.9 Å². The first kappa shape index (κ1) is 25.1. The molecule has 0 spiro atoms. The average Bonchev–Trinajstić information content (AvgIpc) is 3.27. The summed E-state index contributed by atoms with van der Waals surface area (Å²) in [6.07, 6.45) is 1.91. The first-order valence-corrected chi connectivity index (χ1v) is 12.2. The number of halogens is 1. The van der Waals surface area contributed by atoms with Crippen molar-refractivity contribution < 1.29 is 23.4 Å². The van der Waals surface area contributed by atoms with Gasteiger partial charge in [-0.1, -0.05) is 0 Å². The fourth-order valence-corrected chi connectivity index (χ4v) is 5.79. The van der Waals surface area contributed by atoms with Crippen LogP contribution in [0.15, 0.2) is 17.2 Å². The summed E-state index contributed by atoms with van der Waals surface area (Å²) in [5.41, 5.74) is 6.78. The molecule has 1 aromatic rings. The van der Waals surface area contributed by atoms with Crippen molar-refractivity contribution in [1.29, 1.82) is 0 Å². The van der Waals surface area contributed by atoms with Crippen LogP contribution >= 0.6 is 0 Å². The monoisotopic (exact) mass is 471 g/mol. The van der Waals surface area contributed by atoms with Gasteiger partial charge in [-0.15, -0.1) is 0 Å². The van der Waals surface area contributed by atoms with Crippen LogP contribution in [-0.2, 0) is 32.1 Å². The van der Waals surface area contributed by atoms with E-state index in [0.29, 0.717) is 6.61 Å². The molecule has 1 N–H and O–H groups in total. The fraction of sp³-hybridized carbons (Fsp3) is 0.607. The van der Waals surface area contributed by atoms with Gasteiger partial charge in [0.2, 0.25) is 0 Å². The van der Waals surface area contributed by atoms with E-state index in [9.17, 15) is 4.79 Å². The Morgan fingerprint density at radius 2 is 1.85 bits per heavy atom. The topological polar surface area (TPSA) is 56.8 Å². The van der Waals surface area contributed by atoms with Gasteiger partial charge in [0.15, 0.2) is 11.8 Å². The Hall–Kier alpha value is -2.02. The number of fused-ring (bicyclic) bond motifs is 2. The Balaban J connectivity index is 2.03. The zero-order chi connectivity index (χ0) is 25.0. The smallest absolute Gasteiger partial charge is 0.339 e. The van der Waals surface area contributed by atoms with Crippen LogP contribution in [0.1, 0.15) is 86.9 Å². The number of benzene rings is 1. The highest BCUT2D eigenvalue weighted by Crippen LogP contribution is 2.48. The van der Waals surface area contributed by atoms with Crippen molar-refractivity contribution >= 4 is 11.5 Å². The molecular weight excluding hydrogens is 433 g/mol. The quantitative estimate of drug-likeness (QED) is 0.583. The molecule has 3 atom stereocenters. The Kier molecular flexibility index (Phi) is 6.56. The molecule has 2 heterocycles. The van der Waals surface area contributed by atoms with Crippen molar-refractivity contribution in [3.63, 3.8) is 0 Å². The average molecular weight is 472 g/mol. The molecule has 0 bridgehead atoms. The van der Waals surface area contributed by atoms with Crippen molar-refractivity contribution in [3.8, 4) is 0 Å². The Bertz CT molecular complexity index is 1080. The van der Waals surface area contributed by atoms with E-state index in [2.05, 4.69) is 19.2 Å². The number of hydrogen-bond acceptors (Lipinski definition) is 5. The predicted octanol–water partition coefficient (Wildman–Crippen LogP) is 5.56. The zero-order valence-corrected chi connectivity index (χ0v) is 21.8. The number of allylic oxidation sites excluding steroid dienone is 2. The van der Waals surface area contributed by atoms with E-state index in [4.69, 9.17) is 14.2 Å². The van der Waals surface area contributed by atoms with Gasteiger partial charge in [0.25, 0.3) is 0 Å². The third-order valence-corrected chi connectivity index (χ3v) is 7.36. The normalized spacial score (nSPS) is 25.6. The molecule has 34 heavy (non-hydrogen) atoms. The molecule has 0 radical (unpaired) electrons. The molecule has 1 fully saturated rings. The molecule has 0 amide bonds. The van der Waals surface area contributed by atoms with Crippen LogP contribution in [0.5, 0.6) is 0 Å². The summed E-state index contributed by atoms with van der Waals surface area (Å²) in [7, 11) is 1.38. The van der Waals surface area contributed by atoms with Crippen molar-refractivity contribution in [2.75, 3.05) is 13.7 Å². The van der Waals surface area contributed by atoms with Crippen LogP contribution < -0.4 is 5.32 Å². The first-order valence-electron chi connectivity index (χ1n) is 12.2. The second kappa shape index (κ2) is 8.89. The summed E-state index contributed by atoms with van der Waals surface area (Å²) in [5.74, 6) is -0.451. The van der Waals surface area contributed by atoms with Crippen LogP contribution in [0.2, 0.25) is 0 Å². The number of nitrogens with one attached hydrogen (secondary N) is 1. The maximum atomic E-state index is 16.1. The minimum absolute atomic E-state index is 0.451. The fourth-order valence-electron chi connectivity index (χ4n) is 5.79. The lowest BCUT2D eigenvalue weighted by Gasteiger charge is -2.40. The highest BCUT2D eigenvalue weighted by Gasteiger charge is 2.44. The Morgan fingerprint density at radius 3 is 2.47 bits per heavy atom. The van der Waals surface area contributed by atoms with Gasteiger partial charge in [-0.25, -0.2) is 9.18 Å². The van der Waals surface area contributed by atoms with Crippen molar-refractivity contribution in [3.05, 3.63) is 50.6 Å². The van der Waals surface area contributed by atoms with Gasteiger partial charge in [-0.05, 0) is 112 Å². The van der Waals surface area contributed by atoms with E-state index in [-0.39, 0.29) is 0 Å². The Morgan fingerprint density at radius 1 is 1.21 bits per heavy atom. The molecule has 6 heteroatoms. The van der Waals surface area contributed by atoms with E-state index < -0.39 is 29.4 Å². The number of esters is 1. The molecule has 0 saturated carbocycles. The molecule has 1 aromatic carbocycles. The molecule has 1 saturated heterocycles. The van der Waals surface area contributed by atoms with Crippen LogP contribution in [0.25, 0.3) is 5.57 Å². The summed E-state index contributed by atoms with van der Waals surface area (Å²) in [4.78, 5) is 13.1. The molecule has 3 aliphatic rings. The summed E-state index contributed by atoms with van der Waals surface area (Å²) >= 11 is 0. The lowest BCUT2D eigenvalue weighted by atomic mass is 9.73. The molecule has 4 rings (SSSR count). The molecule has 2 aliphatic heterocycles. The number of methoxy groups -OCH3 is 1. The van der Waals surface area contributed by atoms with E-state index in [0.717, 1.165) is 64.9 Å². The number of ether oxygens (including phenoxy) is 3. The standard InChI is InChI=1S/C28H38FNO4/c1-15-18-10-9-11-33-25(18)28(7,29)12-19(15)22-16(2)20-13-30-14-21(20)17(3)23(22)24(26(31)32-8)34-27(4,5)6/h12,24-25,30H,9-11,13-14H2,1-8H3/t24-,25?,28?/m0/s1. The van der Waals surface area contributed by atoms with E-state index >= 15 is 4.39 Å². The lowest BCUT2D eigenvalue weighted by molar-refractivity contribution is -0.164. The number of carbonyl (C=O) groups is 1. The minimum atomic E-state index is -1.65. The predicted molar refractivity (Wildman–Crippen MR) is 131 cm³/mol. The van der Waals surface area contributed by atoms with Gasteiger partial charge in [-0.2, -0.15) is 0 Å². The highest BCUT2D eigenvalue weighted by atomic mass is 19.1.